The number of piperidine rings is 1. The summed E-state index contributed by atoms with van der Waals surface area (Å²) in [6.45, 7) is 0.177. The first-order valence-electron chi connectivity index (χ1n) is 6.56. The fourth-order valence-electron chi connectivity index (χ4n) is 2.23. The van der Waals surface area contributed by atoms with E-state index in [1.807, 2.05) is 0 Å². The molecule has 2 rings (SSSR count). The standard InChI is InChI=1S/C14H15F2NO4/c15-10-3-4-12(11(16)6-10)21-8-13(18)17-5-1-2-9(7-17)14(19)20/h3-4,6,9H,1-2,5,7-8H2,(H,19,20). The number of hydrogen-bond donors (Lipinski definition) is 1. The number of carboxylic acid groups (broad SMARTS) is 1. The molecule has 0 aliphatic carbocycles. The second kappa shape index (κ2) is 6.51. The van der Waals surface area contributed by atoms with E-state index in [0.29, 0.717) is 25.5 Å². The number of carboxylic acids is 1. The largest absolute Gasteiger partial charge is 0.481 e. The molecule has 114 valence electrons. The maximum atomic E-state index is 13.3. The minimum atomic E-state index is -0.932. The molecule has 0 aromatic heterocycles. The van der Waals surface area contributed by atoms with Crippen molar-refractivity contribution in [1.29, 1.82) is 0 Å². The monoisotopic (exact) mass is 299 g/mol. The average Bonchev–Trinajstić information content (AvgIpc) is 2.46. The summed E-state index contributed by atoms with van der Waals surface area (Å²) in [6.07, 6.45) is 1.14. The van der Waals surface area contributed by atoms with Gasteiger partial charge in [-0.2, -0.15) is 0 Å². The zero-order valence-electron chi connectivity index (χ0n) is 11.2. The second-order valence-electron chi connectivity index (χ2n) is 4.88. The number of nitrogens with zero attached hydrogens (tertiary/aromatic N) is 1. The lowest BCUT2D eigenvalue weighted by molar-refractivity contribution is -0.146. The molecule has 1 aliphatic rings. The summed E-state index contributed by atoms with van der Waals surface area (Å²) in [4.78, 5) is 24.2. The molecule has 21 heavy (non-hydrogen) atoms. The van der Waals surface area contributed by atoms with Crippen molar-refractivity contribution >= 4 is 11.9 Å². The first kappa shape index (κ1) is 15.2. The van der Waals surface area contributed by atoms with Crippen LogP contribution in [0.2, 0.25) is 0 Å². The number of carbonyl (C=O) groups is 2. The summed E-state index contributed by atoms with van der Waals surface area (Å²) in [5, 5.41) is 8.95. The Balaban J connectivity index is 1.90. The molecule has 5 nitrogen and oxygen atoms in total. The lowest BCUT2D eigenvalue weighted by Crippen LogP contribution is -2.44. The lowest BCUT2D eigenvalue weighted by Gasteiger charge is -2.30. The van der Waals surface area contributed by atoms with Gasteiger partial charge in [-0.25, -0.2) is 8.78 Å². The number of halogens is 2. The maximum Gasteiger partial charge on any atom is 0.308 e. The number of amides is 1. The normalized spacial score (nSPS) is 18.4. The predicted octanol–water partition coefficient (Wildman–Crippen LogP) is 1.67. The highest BCUT2D eigenvalue weighted by molar-refractivity contribution is 5.79. The van der Waals surface area contributed by atoms with Crippen LogP contribution in [0.5, 0.6) is 5.75 Å². The van der Waals surface area contributed by atoms with Gasteiger partial charge >= 0.3 is 5.97 Å². The van der Waals surface area contributed by atoms with Crippen molar-refractivity contribution in [1.82, 2.24) is 4.90 Å². The highest BCUT2D eigenvalue weighted by atomic mass is 19.1. The van der Waals surface area contributed by atoms with Gasteiger partial charge in [-0.3, -0.25) is 9.59 Å². The van der Waals surface area contributed by atoms with Crippen molar-refractivity contribution in [2.24, 2.45) is 5.92 Å². The number of carbonyl (C=O) groups excluding carboxylic acids is 1. The fraction of sp³-hybridized carbons (Fsp3) is 0.429. The Morgan fingerprint density at radius 3 is 2.81 bits per heavy atom. The van der Waals surface area contributed by atoms with Crippen molar-refractivity contribution in [3.8, 4) is 5.75 Å². The van der Waals surface area contributed by atoms with E-state index in [-0.39, 0.29) is 12.3 Å². The van der Waals surface area contributed by atoms with E-state index in [4.69, 9.17) is 9.84 Å². The van der Waals surface area contributed by atoms with Gasteiger partial charge in [0.2, 0.25) is 0 Å². The van der Waals surface area contributed by atoms with Crippen LogP contribution in [0.15, 0.2) is 18.2 Å². The summed E-state index contributed by atoms with van der Waals surface area (Å²) in [6, 6.07) is 2.81. The van der Waals surface area contributed by atoms with Crippen molar-refractivity contribution in [2.45, 2.75) is 12.8 Å². The predicted molar refractivity (Wildman–Crippen MR) is 68.8 cm³/mol. The highest BCUT2D eigenvalue weighted by Crippen LogP contribution is 2.19. The number of aliphatic carboxylic acids is 1. The van der Waals surface area contributed by atoms with Crippen molar-refractivity contribution in [3.63, 3.8) is 0 Å². The third-order valence-corrected chi connectivity index (χ3v) is 3.37. The van der Waals surface area contributed by atoms with Crippen LogP contribution < -0.4 is 4.74 Å². The molecule has 1 fully saturated rings. The number of rotatable bonds is 4. The molecule has 0 saturated carbocycles. The smallest absolute Gasteiger partial charge is 0.308 e. The van der Waals surface area contributed by atoms with Gasteiger partial charge in [-0.1, -0.05) is 0 Å². The lowest BCUT2D eigenvalue weighted by atomic mass is 9.98. The van der Waals surface area contributed by atoms with Crippen LogP contribution in [0.1, 0.15) is 12.8 Å². The van der Waals surface area contributed by atoms with Crippen molar-refractivity contribution in [3.05, 3.63) is 29.8 Å². The van der Waals surface area contributed by atoms with Gasteiger partial charge < -0.3 is 14.7 Å². The van der Waals surface area contributed by atoms with Gasteiger partial charge in [0, 0.05) is 19.2 Å². The quantitative estimate of drug-likeness (QED) is 0.918. The van der Waals surface area contributed by atoms with E-state index in [2.05, 4.69) is 0 Å². The van der Waals surface area contributed by atoms with E-state index in [1.165, 1.54) is 4.90 Å². The Kier molecular flexibility index (Phi) is 4.72. The Labute approximate surface area is 120 Å². The summed E-state index contributed by atoms with van der Waals surface area (Å²) >= 11 is 0. The van der Waals surface area contributed by atoms with E-state index < -0.39 is 36.0 Å². The molecule has 1 N–H and O–H groups in total. The molecule has 1 unspecified atom stereocenters. The summed E-state index contributed by atoms with van der Waals surface area (Å²) < 4.78 is 31.1. The molecule has 1 heterocycles. The van der Waals surface area contributed by atoms with Crippen LogP contribution >= 0.6 is 0 Å². The molecule has 0 radical (unpaired) electrons. The molecule has 1 aliphatic heterocycles. The minimum Gasteiger partial charge on any atom is -0.481 e. The summed E-state index contributed by atoms with van der Waals surface area (Å²) in [7, 11) is 0. The zero-order chi connectivity index (χ0) is 15.4. The average molecular weight is 299 g/mol. The van der Waals surface area contributed by atoms with Crippen LogP contribution in [0.4, 0.5) is 8.78 Å². The Hall–Kier alpha value is -2.18. The second-order valence-corrected chi connectivity index (χ2v) is 4.88. The van der Waals surface area contributed by atoms with Gasteiger partial charge in [0.25, 0.3) is 5.91 Å². The number of likely N-dealkylation sites (tertiary alicyclic amines) is 1. The Bertz CT molecular complexity index is 550. The van der Waals surface area contributed by atoms with Crippen LogP contribution in [-0.2, 0) is 9.59 Å². The molecule has 1 saturated heterocycles. The molecular weight excluding hydrogens is 284 g/mol. The van der Waals surface area contributed by atoms with E-state index in [1.54, 1.807) is 0 Å². The molecule has 1 aromatic carbocycles. The first-order valence-corrected chi connectivity index (χ1v) is 6.56. The van der Waals surface area contributed by atoms with E-state index in [0.717, 1.165) is 12.1 Å². The van der Waals surface area contributed by atoms with Gasteiger partial charge in [-0.05, 0) is 25.0 Å². The number of hydrogen-bond acceptors (Lipinski definition) is 3. The summed E-state index contributed by atoms with van der Waals surface area (Å²) in [5.41, 5.74) is 0. The van der Waals surface area contributed by atoms with E-state index in [9.17, 15) is 18.4 Å². The topological polar surface area (TPSA) is 66.8 Å². The fourth-order valence-corrected chi connectivity index (χ4v) is 2.23. The Morgan fingerprint density at radius 2 is 2.14 bits per heavy atom. The maximum absolute atomic E-state index is 13.3. The van der Waals surface area contributed by atoms with Gasteiger partial charge in [0.15, 0.2) is 18.2 Å². The Morgan fingerprint density at radius 1 is 1.38 bits per heavy atom. The van der Waals surface area contributed by atoms with Crippen LogP contribution in [0, 0.1) is 17.6 Å². The minimum absolute atomic E-state index is 0.128. The van der Waals surface area contributed by atoms with Crippen molar-refractivity contribution < 1.29 is 28.2 Å². The van der Waals surface area contributed by atoms with E-state index >= 15 is 0 Å². The van der Waals surface area contributed by atoms with Crippen LogP contribution in [0.3, 0.4) is 0 Å². The number of ether oxygens (including phenoxy) is 1. The summed E-state index contributed by atoms with van der Waals surface area (Å²) in [5.74, 6) is -3.75. The highest BCUT2D eigenvalue weighted by Gasteiger charge is 2.28. The molecule has 0 spiro atoms. The molecule has 7 heteroatoms. The van der Waals surface area contributed by atoms with Gasteiger partial charge in [0.05, 0.1) is 5.92 Å². The molecule has 1 aromatic rings. The third kappa shape index (κ3) is 3.90. The molecular formula is C14H15F2NO4. The van der Waals surface area contributed by atoms with Gasteiger partial charge in [-0.15, -0.1) is 0 Å². The van der Waals surface area contributed by atoms with Crippen molar-refractivity contribution in [2.75, 3.05) is 19.7 Å². The first-order chi connectivity index (χ1) is 9.97. The molecule has 1 atom stereocenters. The molecule has 0 bridgehead atoms. The number of benzene rings is 1. The zero-order valence-corrected chi connectivity index (χ0v) is 11.2. The van der Waals surface area contributed by atoms with Crippen LogP contribution in [-0.4, -0.2) is 41.6 Å². The van der Waals surface area contributed by atoms with Gasteiger partial charge in [0.1, 0.15) is 5.82 Å². The van der Waals surface area contributed by atoms with Crippen LogP contribution in [0.25, 0.3) is 0 Å². The molecule has 1 amide bonds. The third-order valence-electron chi connectivity index (χ3n) is 3.37. The SMILES string of the molecule is O=C(O)C1CCCN(C(=O)COc2ccc(F)cc2F)C1.